The van der Waals surface area contributed by atoms with Gasteiger partial charge in [0.2, 0.25) is 0 Å². The van der Waals surface area contributed by atoms with Gasteiger partial charge in [0.1, 0.15) is 5.58 Å². The third-order valence-corrected chi connectivity index (χ3v) is 8.42. The van der Waals surface area contributed by atoms with E-state index in [2.05, 4.69) is 48.8 Å². The summed E-state index contributed by atoms with van der Waals surface area (Å²) in [5.74, 6) is 0.102. The van der Waals surface area contributed by atoms with Crippen LogP contribution in [0.4, 0.5) is 0 Å². The number of furan rings is 1. The predicted molar refractivity (Wildman–Crippen MR) is 131 cm³/mol. The van der Waals surface area contributed by atoms with E-state index >= 15 is 0 Å². The normalized spacial score (nSPS) is 18.2. The molecule has 0 spiro atoms. The number of carbonyl (C=O) groups excluding carboxylic acids is 1. The van der Waals surface area contributed by atoms with Gasteiger partial charge in [0.15, 0.2) is 15.6 Å². The minimum atomic E-state index is -3.15. The van der Waals surface area contributed by atoms with Crippen LogP contribution < -0.4 is 0 Å². The summed E-state index contributed by atoms with van der Waals surface area (Å²) in [4.78, 5) is 15.4. The van der Waals surface area contributed by atoms with Crippen LogP contribution in [0.5, 0.6) is 0 Å². The number of halogens is 1. The molecule has 0 bridgehead atoms. The van der Waals surface area contributed by atoms with Gasteiger partial charge in [-0.3, -0.25) is 4.79 Å². The molecule has 4 rings (SSSR count). The fourth-order valence-corrected chi connectivity index (χ4v) is 6.31. The molecule has 1 aliphatic heterocycles. The first-order valence-electron chi connectivity index (χ1n) is 10.7. The van der Waals surface area contributed by atoms with Crippen molar-refractivity contribution in [3.8, 4) is 0 Å². The van der Waals surface area contributed by atoms with Gasteiger partial charge in [0.05, 0.1) is 11.5 Å². The van der Waals surface area contributed by atoms with Gasteiger partial charge in [-0.15, -0.1) is 0 Å². The zero-order chi connectivity index (χ0) is 23.3. The molecule has 2 heterocycles. The highest BCUT2D eigenvalue weighted by atomic mass is 79.9. The molecule has 3 aromatic rings. The topological polar surface area (TPSA) is 67.6 Å². The minimum Gasteiger partial charge on any atom is -0.451 e. The van der Waals surface area contributed by atoms with Gasteiger partial charge in [-0.1, -0.05) is 61.0 Å². The average Bonchev–Trinajstić information content (AvgIpc) is 3.24. The van der Waals surface area contributed by atoms with Crippen LogP contribution >= 0.6 is 15.9 Å². The number of amides is 1. The van der Waals surface area contributed by atoms with Gasteiger partial charge >= 0.3 is 0 Å². The third-order valence-electron chi connectivity index (χ3n) is 6.18. The van der Waals surface area contributed by atoms with E-state index in [9.17, 15) is 13.2 Å². The summed E-state index contributed by atoms with van der Waals surface area (Å²) >= 11 is 3.47. The lowest BCUT2D eigenvalue weighted by atomic mass is 9.86. The number of hydrogen-bond acceptors (Lipinski definition) is 4. The third kappa shape index (κ3) is 4.64. The molecule has 1 aliphatic rings. The van der Waals surface area contributed by atoms with E-state index in [1.165, 1.54) is 5.56 Å². The lowest BCUT2D eigenvalue weighted by Gasteiger charge is -2.28. The molecule has 7 heteroatoms. The number of rotatable bonds is 4. The minimum absolute atomic E-state index is 0.0103. The molecule has 1 aromatic heterocycles. The van der Waals surface area contributed by atoms with E-state index in [4.69, 9.17) is 4.42 Å². The van der Waals surface area contributed by atoms with E-state index in [0.717, 1.165) is 21.0 Å². The second-order valence-corrected chi connectivity index (χ2v) is 12.8. The molecule has 5 nitrogen and oxygen atoms in total. The molecule has 0 aliphatic carbocycles. The molecule has 32 heavy (non-hydrogen) atoms. The highest BCUT2D eigenvalue weighted by Crippen LogP contribution is 2.31. The van der Waals surface area contributed by atoms with Gasteiger partial charge < -0.3 is 9.32 Å². The number of benzene rings is 2. The first-order valence-corrected chi connectivity index (χ1v) is 13.4. The lowest BCUT2D eigenvalue weighted by Crippen LogP contribution is -2.40. The molecule has 1 atom stereocenters. The maximum Gasteiger partial charge on any atom is 0.290 e. The number of carbonyl (C=O) groups is 1. The van der Waals surface area contributed by atoms with Crippen LogP contribution in [0.15, 0.2) is 51.4 Å². The van der Waals surface area contributed by atoms with E-state index in [-0.39, 0.29) is 34.6 Å². The van der Waals surface area contributed by atoms with Crippen molar-refractivity contribution >= 4 is 42.6 Å². The van der Waals surface area contributed by atoms with Crippen LogP contribution in [0.2, 0.25) is 0 Å². The molecular weight excluding hydrogens is 490 g/mol. The fraction of sp³-hybridized carbons (Fsp3) is 0.400. The Bertz CT molecular complexity index is 1270. The van der Waals surface area contributed by atoms with Crippen molar-refractivity contribution in [2.24, 2.45) is 0 Å². The van der Waals surface area contributed by atoms with Crippen LogP contribution in [0, 0.1) is 6.92 Å². The summed E-state index contributed by atoms with van der Waals surface area (Å²) in [7, 11) is -3.15. The summed E-state index contributed by atoms with van der Waals surface area (Å²) in [6, 6.07) is 13.5. The number of aryl methyl sites for hydroxylation is 1. The summed E-state index contributed by atoms with van der Waals surface area (Å²) in [5.41, 5.74) is 3.61. The first-order chi connectivity index (χ1) is 14.9. The maximum absolute atomic E-state index is 13.7. The van der Waals surface area contributed by atoms with Gasteiger partial charge in [0.25, 0.3) is 5.91 Å². The largest absolute Gasteiger partial charge is 0.451 e. The van der Waals surface area contributed by atoms with Gasteiger partial charge in [-0.2, -0.15) is 0 Å². The number of sulfone groups is 1. The molecule has 1 saturated heterocycles. The van der Waals surface area contributed by atoms with Gasteiger partial charge in [-0.25, -0.2) is 8.42 Å². The van der Waals surface area contributed by atoms with Gasteiger partial charge in [-0.05, 0) is 48.1 Å². The van der Waals surface area contributed by atoms with Crippen LogP contribution in [0.1, 0.15) is 54.4 Å². The second-order valence-electron chi connectivity index (χ2n) is 9.63. The number of fused-ring (bicyclic) bond motifs is 1. The Morgan fingerprint density at radius 3 is 2.44 bits per heavy atom. The molecule has 1 amide bonds. The summed E-state index contributed by atoms with van der Waals surface area (Å²) in [6.45, 7) is 8.68. The fourth-order valence-electron chi connectivity index (χ4n) is 4.22. The molecular formula is C25H28BrNO4S. The molecule has 170 valence electrons. The highest BCUT2D eigenvalue weighted by molar-refractivity contribution is 9.10. The van der Waals surface area contributed by atoms with E-state index in [1.807, 2.05) is 37.3 Å². The van der Waals surface area contributed by atoms with E-state index in [1.54, 1.807) is 4.90 Å². The summed E-state index contributed by atoms with van der Waals surface area (Å²) in [5, 5.41) is 0.872. The first kappa shape index (κ1) is 23.1. The number of hydrogen-bond donors (Lipinski definition) is 0. The van der Waals surface area contributed by atoms with E-state index in [0.29, 0.717) is 18.5 Å². The Hall–Kier alpha value is -2.12. The Morgan fingerprint density at radius 2 is 1.84 bits per heavy atom. The molecule has 0 radical (unpaired) electrons. The second kappa shape index (κ2) is 8.34. The van der Waals surface area contributed by atoms with Crippen molar-refractivity contribution in [3.05, 3.63) is 69.4 Å². The van der Waals surface area contributed by atoms with Crippen molar-refractivity contribution < 1.29 is 17.6 Å². The summed E-state index contributed by atoms with van der Waals surface area (Å²) < 4.78 is 31.2. The van der Waals surface area contributed by atoms with Crippen LogP contribution in [-0.4, -0.2) is 36.8 Å². The summed E-state index contributed by atoms with van der Waals surface area (Å²) in [6.07, 6.45) is 0.443. The van der Waals surface area contributed by atoms with Crippen molar-refractivity contribution in [1.29, 1.82) is 0 Å². The van der Waals surface area contributed by atoms with Crippen LogP contribution in [-0.2, 0) is 21.8 Å². The average molecular weight is 518 g/mol. The molecule has 0 N–H and O–H groups in total. The standard InChI is InChI=1S/C25H28BrNO4S/c1-16-21-13-19(26)9-10-22(21)31-23(16)24(28)27(20-11-12-32(29,30)15-20)14-17-5-7-18(8-6-17)25(2,3)4/h5-10,13,20H,11-12,14-15H2,1-4H3/t20-/m0/s1. The molecule has 1 fully saturated rings. The van der Waals surface area contributed by atoms with Crippen molar-refractivity contribution in [1.82, 2.24) is 4.90 Å². The molecule has 0 unspecified atom stereocenters. The zero-order valence-electron chi connectivity index (χ0n) is 18.8. The lowest BCUT2D eigenvalue weighted by molar-refractivity contribution is 0.0649. The number of nitrogens with zero attached hydrogens (tertiary/aromatic N) is 1. The van der Waals surface area contributed by atoms with Crippen molar-refractivity contribution in [3.63, 3.8) is 0 Å². The Labute approximate surface area is 197 Å². The van der Waals surface area contributed by atoms with Crippen molar-refractivity contribution in [2.75, 3.05) is 11.5 Å². The SMILES string of the molecule is Cc1c(C(=O)N(Cc2ccc(C(C)(C)C)cc2)[C@H]2CCS(=O)(=O)C2)oc2ccc(Br)cc12. The molecule has 2 aromatic carbocycles. The smallest absolute Gasteiger partial charge is 0.290 e. The van der Waals surface area contributed by atoms with E-state index < -0.39 is 9.84 Å². The molecule has 0 saturated carbocycles. The maximum atomic E-state index is 13.7. The quantitative estimate of drug-likeness (QED) is 0.449. The Morgan fingerprint density at radius 1 is 1.16 bits per heavy atom. The monoisotopic (exact) mass is 517 g/mol. The predicted octanol–water partition coefficient (Wildman–Crippen LogP) is 5.63. The van der Waals surface area contributed by atoms with Gasteiger partial charge in [0, 0.05) is 28.0 Å². The van der Waals surface area contributed by atoms with Crippen LogP contribution in [0.25, 0.3) is 11.0 Å². The van der Waals surface area contributed by atoms with Crippen LogP contribution in [0.3, 0.4) is 0 Å². The Balaban J connectivity index is 1.70. The van der Waals surface area contributed by atoms with Crippen molar-refractivity contribution in [2.45, 2.75) is 52.1 Å². The highest BCUT2D eigenvalue weighted by Gasteiger charge is 2.36. The zero-order valence-corrected chi connectivity index (χ0v) is 21.2. The Kier molecular flexibility index (Phi) is 6.01.